The van der Waals surface area contributed by atoms with Crippen molar-refractivity contribution in [3.63, 3.8) is 0 Å². The minimum atomic E-state index is 0.403. The Labute approximate surface area is 105 Å². The average molecular weight is 235 g/mol. The third kappa shape index (κ3) is 2.39. The van der Waals surface area contributed by atoms with E-state index in [9.17, 15) is 0 Å². The van der Waals surface area contributed by atoms with E-state index < -0.39 is 0 Å². The summed E-state index contributed by atoms with van der Waals surface area (Å²) >= 11 is 0. The van der Waals surface area contributed by atoms with Gasteiger partial charge in [-0.1, -0.05) is 13.8 Å². The summed E-state index contributed by atoms with van der Waals surface area (Å²) in [5.74, 6) is 0.849. The van der Waals surface area contributed by atoms with Gasteiger partial charge in [0.2, 0.25) is 0 Å². The molecule has 1 aliphatic rings. The lowest BCUT2D eigenvalue weighted by Crippen LogP contribution is -2.23. The van der Waals surface area contributed by atoms with E-state index in [2.05, 4.69) is 45.0 Å². The Bertz CT molecular complexity index is 417. The summed E-state index contributed by atoms with van der Waals surface area (Å²) in [6.07, 6.45) is 1.36. The normalized spacial score (nSPS) is 23.8. The maximum absolute atomic E-state index is 4.48. The molecule has 0 spiro atoms. The van der Waals surface area contributed by atoms with Gasteiger partial charge in [0.1, 0.15) is 0 Å². The minimum Gasteiger partial charge on any atom is -0.310 e. The fourth-order valence-electron chi connectivity index (χ4n) is 2.76. The fraction of sp³-hybridized carbons (Fsp3) is 0.786. The van der Waals surface area contributed by atoms with Crippen LogP contribution >= 0.6 is 0 Å². The molecule has 1 aromatic rings. The molecule has 0 saturated heterocycles. The van der Waals surface area contributed by atoms with Gasteiger partial charge in [-0.2, -0.15) is 5.10 Å². The first-order valence-electron chi connectivity index (χ1n) is 6.56. The molecule has 1 saturated carbocycles. The standard InChI is InChI=1S/C14H25N3/c1-9(15-8-12-7-14(12,4)5)13-10(2)16-17(6)11(13)3/h9,12,15H,7-8H2,1-6H3. The molecule has 1 aliphatic carbocycles. The summed E-state index contributed by atoms with van der Waals surface area (Å²) in [7, 11) is 2.02. The first-order valence-corrected chi connectivity index (χ1v) is 6.56. The second-order valence-electron chi connectivity index (χ2n) is 6.23. The first kappa shape index (κ1) is 12.6. The smallest absolute Gasteiger partial charge is 0.0644 e. The van der Waals surface area contributed by atoms with Crippen molar-refractivity contribution in [3.05, 3.63) is 17.0 Å². The zero-order chi connectivity index (χ0) is 12.8. The molecule has 96 valence electrons. The molecular formula is C14H25N3. The molecule has 0 bridgehead atoms. The van der Waals surface area contributed by atoms with Crippen LogP contribution in [0.2, 0.25) is 0 Å². The molecule has 3 nitrogen and oxygen atoms in total. The van der Waals surface area contributed by atoms with Crippen LogP contribution < -0.4 is 5.32 Å². The highest BCUT2D eigenvalue weighted by molar-refractivity contribution is 5.27. The summed E-state index contributed by atoms with van der Waals surface area (Å²) in [4.78, 5) is 0. The maximum Gasteiger partial charge on any atom is 0.0644 e. The Morgan fingerprint density at radius 3 is 2.47 bits per heavy atom. The predicted octanol–water partition coefficient (Wildman–Crippen LogP) is 2.73. The van der Waals surface area contributed by atoms with Crippen LogP contribution in [0.25, 0.3) is 0 Å². The third-order valence-electron chi connectivity index (χ3n) is 4.39. The van der Waals surface area contributed by atoms with Crippen LogP contribution in [0.1, 0.15) is 50.2 Å². The lowest BCUT2D eigenvalue weighted by Gasteiger charge is -2.15. The highest BCUT2D eigenvalue weighted by Crippen LogP contribution is 2.51. The average Bonchev–Trinajstić information content (AvgIpc) is 2.74. The highest BCUT2D eigenvalue weighted by Gasteiger charge is 2.45. The molecule has 2 atom stereocenters. The Morgan fingerprint density at radius 1 is 1.47 bits per heavy atom. The number of nitrogens with zero attached hydrogens (tertiary/aromatic N) is 2. The van der Waals surface area contributed by atoms with E-state index >= 15 is 0 Å². The predicted molar refractivity (Wildman–Crippen MR) is 71.0 cm³/mol. The van der Waals surface area contributed by atoms with Gasteiger partial charge in [0.15, 0.2) is 0 Å². The van der Waals surface area contributed by atoms with Gasteiger partial charge >= 0.3 is 0 Å². The second kappa shape index (κ2) is 4.13. The Morgan fingerprint density at radius 2 is 2.06 bits per heavy atom. The van der Waals surface area contributed by atoms with Crippen LogP contribution in [0.4, 0.5) is 0 Å². The number of rotatable bonds is 4. The van der Waals surface area contributed by atoms with E-state index in [1.54, 1.807) is 0 Å². The molecule has 1 fully saturated rings. The van der Waals surface area contributed by atoms with Gasteiger partial charge in [-0.05, 0) is 45.1 Å². The molecule has 0 radical (unpaired) electrons. The fourth-order valence-corrected chi connectivity index (χ4v) is 2.76. The van der Waals surface area contributed by atoms with E-state index in [1.165, 1.54) is 17.7 Å². The molecule has 2 unspecified atom stereocenters. The largest absolute Gasteiger partial charge is 0.310 e. The van der Waals surface area contributed by atoms with Crippen molar-refractivity contribution in [1.29, 1.82) is 0 Å². The molecule has 1 N–H and O–H groups in total. The highest BCUT2D eigenvalue weighted by atomic mass is 15.3. The van der Waals surface area contributed by atoms with E-state index in [0.717, 1.165) is 18.2 Å². The van der Waals surface area contributed by atoms with Gasteiger partial charge in [0.25, 0.3) is 0 Å². The third-order valence-corrected chi connectivity index (χ3v) is 4.39. The van der Waals surface area contributed by atoms with Crippen LogP contribution in [-0.2, 0) is 7.05 Å². The Kier molecular flexibility index (Phi) is 3.06. The van der Waals surface area contributed by atoms with E-state index in [-0.39, 0.29) is 0 Å². The van der Waals surface area contributed by atoms with E-state index in [0.29, 0.717) is 11.5 Å². The molecule has 17 heavy (non-hydrogen) atoms. The lowest BCUT2D eigenvalue weighted by molar-refractivity contribution is 0.483. The molecule has 0 amide bonds. The van der Waals surface area contributed by atoms with Crippen LogP contribution in [0.5, 0.6) is 0 Å². The zero-order valence-corrected chi connectivity index (χ0v) is 12.0. The first-order chi connectivity index (χ1) is 7.83. The molecule has 1 heterocycles. The number of aromatic nitrogens is 2. The molecule has 3 heteroatoms. The SMILES string of the molecule is Cc1nn(C)c(C)c1C(C)NCC1CC1(C)C. The number of hydrogen-bond donors (Lipinski definition) is 1. The number of aryl methyl sites for hydroxylation is 2. The minimum absolute atomic E-state index is 0.403. The van der Waals surface area contributed by atoms with Crippen molar-refractivity contribution in [2.75, 3.05) is 6.54 Å². The van der Waals surface area contributed by atoms with E-state index in [4.69, 9.17) is 0 Å². The summed E-state index contributed by atoms with van der Waals surface area (Å²) < 4.78 is 1.98. The summed E-state index contributed by atoms with van der Waals surface area (Å²) in [5, 5.41) is 8.14. The lowest BCUT2D eigenvalue weighted by atomic mass is 10.1. The molecule has 2 rings (SSSR count). The topological polar surface area (TPSA) is 29.9 Å². The Hall–Kier alpha value is -0.830. The maximum atomic E-state index is 4.48. The van der Waals surface area contributed by atoms with Crippen LogP contribution in [0.3, 0.4) is 0 Å². The van der Waals surface area contributed by atoms with Crippen molar-refractivity contribution in [1.82, 2.24) is 15.1 Å². The number of nitrogens with one attached hydrogen (secondary N) is 1. The van der Waals surface area contributed by atoms with E-state index in [1.807, 2.05) is 11.7 Å². The van der Waals surface area contributed by atoms with Gasteiger partial charge in [-0.3, -0.25) is 4.68 Å². The molecular weight excluding hydrogens is 210 g/mol. The van der Waals surface area contributed by atoms with Gasteiger partial charge in [-0.15, -0.1) is 0 Å². The molecule has 0 aliphatic heterocycles. The summed E-state index contributed by atoms with van der Waals surface area (Å²) in [5.41, 5.74) is 4.36. The van der Waals surface area contributed by atoms with Gasteiger partial charge in [-0.25, -0.2) is 0 Å². The quantitative estimate of drug-likeness (QED) is 0.869. The van der Waals surface area contributed by atoms with Crippen molar-refractivity contribution >= 4 is 0 Å². The molecule has 1 aromatic heterocycles. The summed E-state index contributed by atoms with van der Waals surface area (Å²) in [6.45, 7) is 12.3. The van der Waals surface area contributed by atoms with Crippen molar-refractivity contribution in [3.8, 4) is 0 Å². The van der Waals surface area contributed by atoms with Crippen molar-refractivity contribution < 1.29 is 0 Å². The van der Waals surface area contributed by atoms with Crippen molar-refractivity contribution in [2.45, 2.75) is 47.1 Å². The van der Waals surface area contributed by atoms with Crippen LogP contribution in [0, 0.1) is 25.2 Å². The zero-order valence-electron chi connectivity index (χ0n) is 12.0. The van der Waals surface area contributed by atoms with Crippen LogP contribution in [-0.4, -0.2) is 16.3 Å². The second-order valence-corrected chi connectivity index (χ2v) is 6.23. The van der Waals surface area contributed by atoms with Crippen LogP contribution in [0.15, 0.2) is 0 Å². The monoisotopic (exact) mass is 235 g/mol. The summed E-state index contributed by atoms with van der Waals surface area (Å²) in [6, 6.07) is 0.403. The van der Waals surface area contributed by atoms with Gasteiger partial charge in [0.05, 0.1) is 5.69 Å². The van der Waals surface area contributed by atoms with Gasteiger partial charge < -0.3 is 5.32 Å². The number of hydrogen-bond acceptors (Lipinski definition) is 2. The van der Waals surface area contributed by atoms with Gasteiger partial charge in [0, 0.05) is 24.3 Å². The molecule has 0 aromatic carbocycles. The Balaban J connectivity index is 1.98. The van der Waals surface area contributed by atoms with Crippen molar-refractivity contribution in [2.24, 2.45) is 18.4 Å².